The number of rotatable bonds is 2. The summed E-state index contributed by atoms with van der Waals surface area (Å²) >= 11 is 0. The van der Waals surface area contributed by atoms with Gasteiger partial charge in [0, 0.05) is 12.4 Å². The number of benzene rings is 1. The third-order valence-corrected chi connectivity index (χ3v) is 3.05. The Morgan fingerprint density at radius 2 is 2.06 bits per heavy atom. The van der Waals surface area contributed by atoms with Gasteiger partial charge in [0.2, 0.25) is 5.95 Å². The minimum Gasteiger partial charge on any atom is -0.347 e. The molecule has 3 nitrogen and oxygen atoms in total. The fourth-order valence-corrected chi connectivity index (χ4v) is 2.27. The van der Waals surface area contributed by atoms with E-state index in [9.17, 15) is 4.39 Å². The summed E-state index contributed by atoms with van der Waals surface area (Å²) in [6.45, 7) is 0. The summed E-state index contributed by atoms with van der Waals surface area (Å²) < 4.78 is 13.1. The van der Waals surface area contributed by atoms with Gasteiger partial charge in [0.15, 0.2) is 0 Å². The van der Waals surface area contributed by atoms with Crippen LogP contribution in [0.2, 0.25) is 0 Å². The molecule has 0 radical (unpaired) electrons. The molecule has 1 N–H and O–H groups in total. The van der Waals surface area contributed by atoms with E-state index < -0.39 is 0 Å². The molecule has 0 aliphatic heterocycles. The van der Waals surface area contributed by atoms with Gasteiger partial charge in [0.25, 0.3) is 0 Å². The molecule has 1 aliphatic rings. The van der Waals surface area contributed by atoms with Crippen LogP contribution >= 0.6 is 0 Å². The van der Waals surface area contributed by atoms with Gasteiger partial charge in [-0.15, -0.1) is 0 Å². The molecular weight excluding hydrogens is 217 g/mol. The van der Waals surface area contributed by atoms with E-state index in [2.05, 4.69) is 15.3 Å². The van der Waals surface area contributed by atoms with Crippen LogP contribution in [0.3, 0.4) is 0 Å². The highest BCUT2D eigenvalue weighted by molar-refractivity contribution is 5.40. The molecule has 0 spiro atoms. The van der Waals surface area contributed by atoms with Gasteiger partial charge in [-0.2, -0.15) is 0 Å². The SMILES string of the molecule is Fc1ccc2c(c1)CC[C@H]2Nc1ncccn1. The summed E-state index contributed by atoms with van der Waals surface area (Å²) in [6, 6.07) is 6.93. The van der Waals surface area contributed by atoms with Crippen LogP contribution in [-0.2, 0) is 6.42 Å². The first-order chi connectivity index (χ1) is 8.33. The average molecular weight is 229 g/mol. The van der Waals surface area contributed by atoms with Crippen molar-refractivity contribution in [2.75, 3.05) is 5.32 Å². The van der Waals surface area contributed by atoms with Crippen molar-refractivity contribution in [3.8, 4) is 0 Å². The number of anilines is 1. The largest absolute Gasteiger partial charge is 0.347 e. The Kier molecular flexibility index (Phi) is 2.48. The van der Waals surface area contributed by atoms with Crippen molar-refractivity contribution >= 4 is 5.95 Å². The van der Waals surface area contributed by atoms with Crippen LogP contribution in [-0.4, -0.2) is 9.97 Å². The van der Waals surface area contributed by atoms with Gasteiger partial charge in [-0.3, -0.25) is 0 Å². The minimum atomic E-state index is -0.166. The monoisotopic (exact) mass is 229 g/mol. The quantitative estimate of drug-likeness (QED) is 0.860. The van der Waals surface area contributed by atoms with Crippen LogP contribution in [0.5, 0.6) is 0 Å². The summed E-state index contributed by atoms with van der Waals surface area (Å²) in [5, 5.41) is 3.27. The molecule has 1 atom stereocenters. The molecule has 2 aromatic rings. The number of aromatic nitrogens is 2. The molecule has 0 saturated heterocycles. The van der Waals surface area contributed by atoms with Crippen LogP contribution in [0.4, 0.5) is 10.3 Å². The summed E-state index contributed by atoms with van der Waals surface area (Å²) in [4.78, 5) is 8.27. The molecule has 1 heterocycles. The summed E-state index contributed by atoms with van der Waals surface area (Å²) in [5.74, 6) is 0.454. The summed E-state index contributed by atoms with van der Waals surface area (Å²) in [7, 11) is 0. The molecule has 0 bridgehead atoms. The van der Waals surface area contributed by atoms with Crippen LogP contribution in [0.1, 0.15) is 23.6 Å². The van der Waals surface area contributed by atoms with E-state index in [1.807, 2.05) is 6.07 Å². The molecular formula is C13H12FN3. The van der Waals surface area contributed by atoms with Crippen LogP contribution < -0.4 is 5.32 Å². The van der Waals surface area contributed by atoms with Gasteiger partial charge >= 0.3 is 0 Å². The number of fused-ring (bicyclic) bond motifs is 1. The first-order valence-electron chi connectivity index (χ1n) is 5.65. The maximum absolute atomic E-state index is 13.1. The van der Waals surface area contributed by atoms with E-state index in [0.29, 0.717) is 5.95 Å². The lowest BCUT2D eigenvalue weighted by Gasteiger charge is -2.13. The third kappa shape index (κ3) is 1.98. The smallest absolute Gasteiger partial charge is 0.223 e. The highest BCUT2D eigenvalue weighted by Crippen LogP contribution is 2.33. The molecule has 0 saturated carbocycles. The lowest BCUT2D eigenvalue weighted by molar-refractivity contribution is 0.626. The second-order valence-electron chi connectivity index (χ2n) is 4.15. The van der Waals surface area contributed by atoms with Gasteiger partial charge in [0.05, 0.1) is 6.04 Å². The van der Waals surface area contributed by atoms with E-state index >= 15 is 0 Å². The zero-order chi connectivity index (χ0) is 11.7. The van der Waals surface area contributed by atoms with E-state index in [1.54, 1.807) is 24.5 Å². The molecule has 17 heavy (non-hydrogen) atoms. The Morgan fingerprint density at radius 3 is 2.88 bits per heavy atom. The molecule has 1 aromatic carbocycles. The number of halogens is 1. The van der Waals surface area contributed by atoms with Gasteiger partial charge in [-0.25, -0.2) is 14.4 Å². The van der Waals surface area contributed by atoms with Crippen molar-refractivity contribution in [2.45, 2.75) is 18.9 Å². The standard InChI is InChI=1S/C13H12FN3/c14-10-3-4-11-9(8-10)2-5-12(11)17-13-15-6-1-7-16-13/h1,3-4,6-8,12H,2,5H2,(H,15,16,17)/t12-/m1/s1. The van der Waals surface area contributed by atoms with Crippen molar-refractivity contribution in [2.24, 2.45) is 0 Å². The number of hydrogen-bond acceptors (Lipinski definition) is 3. The summed E-state index contributed by atoms with van der Waals surface area (Å²) in [6.07, 6.45) is 5.26. The number of nitrogens with zero attached hydrogens (tertiary/aromatic N) is 2. The second-order valence-corrected chi connectivity index (χ2v) is 4.15. The first-order valence-corrected chi connectivity index (χ1v) is 5.65. The lowest BCUT2D eigenvalue weighted by atomic mass is 10.1. The van der Waals surface area contributed by atoms with Gasteiger partial charge in [-0.1, -0.05) is 6.07 Å². The number of nitrogens with one attached hydrogen (secondary N) is 1. The molecule has 86 valence electrons. The zero-order valence-corrected chi connectivity index (χ0v) is 9.23. The van der Waals surface area contributed by atoms with E-state index in [4.69, 9.17) is 0 Å². The molecule has 1 aromatic heterocycles. The van der Waals surface area contributed by atoms with E-state index in [1.165, 1.54) is 6.07 Å². The molecule has 3 rings (SSSR count). The predicted molar refractivity (Wildman–Crippen MR) is 63.1 cm³/mol. The fourth-order valence-electron chi connectivity index (χ4n) is 2.27. The van der Waals surface area contributed by atoms with Crippen molar-refractivity contribution in [1.82, 2.24) is 9.97 Å². The Bertz CT molecular complexity index is 527. The van der Waals surface area contributed by atoms with Crippen molar-refractivity contribution in [3.05, 3.63) is 53.6 Å². The predicted octanol–water partition coefficient (Wildman–Crippen LogP) is 2.72. The number of aryl methyl sites for hydroxylation is 1. The van der Waals surface area contributed by atoms with Crippen LogP contribution in [0, 0.1) is 5.82 Å². The van der Waals surface area contributed by atoms with Crippen molar-refractivity contribution < 1.29 is 4.39 Å². The van der Waals surface area contributed by atoms with Crippen LogP contribution in [0.25, 0.3) is 0 Å². The maximum Gasteiger partial charge on any atom is 0.223 e. The van der Waals surface area contributed by atoms with Gasteiger partial charge in [0.1, 0.15) is 5.82 Å². The summed E-state index contributed by atoms with van der Waals surface area (Å²) in [5.41, 5.74) is 2.23. The van der Waals surface area contributed by atoms with E-state index in [-0.39, 0.29) is 11.9 Å². The lowest BCUT2D eigenvalue weighted by Crippen LogP contribution is -2.09. The molecule has 0 unspecified atom stereocenters. The van der Waals surface area contributed by atoms with Gasteiger partial charge < -0.3 is 5.32 Å². The fraction of sp³-hybridized carbons (Fsp3) is 0.231. The Hall–Kier alpha value is -1.97. The molecule has 4 heteroatoms. The third-order valence-electron chi connectivity index (χ3n) is 3.05. The average Bonchev–Trinajstić information content (AvgIpc) is 2.73. The minimum absolute atomic E-state index is 0.166. The van der Waals surface area contributed by atoms with E-state index in [0.717, 1.165) is 24.0 Å². The molecule has 1 aliphatic carbocycles. The molecule has 0 fully saturated rings. The topological polar surface area (TPSA) is 37.8 Å². The first kappa shape index (κ1) is 10.2. The Labute approximate surface area is 98.7 Å². The van der Waals surface area contributed by atoms with Crippen molar-refractivity contribution in [3.63, 3.8) is 0 Å². The maximum atomic E-state index is 13.1. The normalized spacial score (nSPS) is 17.8. The highest BCUT2D eigenvalue weighted by atomic mass is 19.1. The van der Waals surface area contributed by atoms with Crippen molar-refractivity contribution in [1.29, 1.82) is 0 Å². The van der Waals surface area contributed by atoms with Gasteiger partial charge in [-0.05, 0) is 42.2 Å². The highest BCUT2D eigenvalue weighted by Gasteiger charge is 2.23. The Morgan fingerprint density at radius 1 is 1.24 bits per heavy atom. The zero-order valence-electron chi connectivity index (χ0n) is 9.23. The number of hydrogen-bond donors (Lipinski definition) is 1. The second kappa shape index (κ2) is 4.13. The molecule has 0 amide bonds. The van der Waals surface area contributed by atoms with Crippen LogP contribution in [0.15, 0.2) is 36.7 Å². The Balaban J connectivity index is 1.85.